The first-order chi connectivity index (χ1) is 16.4. The molecule has 0 saturated carbocycles. The molecule has 5 rings (SSSR count). The van der Waals surface area contributed by atoms with Crippen molar-refractivity contribution in [1.29, 1.82) is 0 Å². The zero-order valence-electron chi connectivity index (χ0n) is 17.8. The van der Waals surface area contributed by atoms with Crippen LogP contribution in [-0.2, 0) is 24.5 Å². The fourth-order valence-electron chi connectivity index (χ4n) is 3.76. The van der Waals surface area contributed by atoms with E-state index < -0.39 is 22.5 Å². The monoisotopic (exact) mass is 480 g/mol. The van der Waals surface area contributed by atoms with Crippen molar-refractivity contribution >= 4 is 21.9 Å². The molecule has 0 unspecified atom stereocenters. The second-order valence-electron chi connectivity index (χ2n) is 7.64. The van der Waals surface area contributed by atoms with Gasteiger partial charge in [-0.15, -0.1) is 0 Å². The van der Waals surface area contributed by atoms with E-state index in [1.807, 2.05) is 31.4 Å². The van der Waals surface area contributed by atoms with Gasteiger partial charge in [0.1, 0.15) is 23.8 Å². The van der Waals surface area contributed by atoms with Crippen molar-refractivity contribution in [2.75, 3.05) is 0 Å². The number of aryl methyl sites for hydroxylation is 1. The maximum Gasteiger partial charge on any atom is 0.201 e. The van der Waals surface area contributed by atoms with Crippen LogP contribution in [0.5, 0.6) is 0 Å². The minimum Gasteiger partial charge on any atom is -0.283 e. The highest BCUT2D eigenvalue weighted by atomic mass is 32.2. The first kappa shape index (κ1) is 21.9. The summed E-state index contributed by atoms with van der Waals surface area (Å²) in [7, 11) is -1.00. The predicted molar refractivity (Wildman–Crippen MR) is 124 cm³/mol. The third-order valence-electron chi connectivity index (χ3n) is 5.33. The Kier molecular flexibility index (Phi) is 5.64. The fraction of sp³-hybridized carbons (Fsp3) is 0.0870. The second kappa shape index (κ2) is 8.76. The van der Waals surface area contributed by atoms with E-state index in [1.54, 1.807) is 33.9 Å². The minimum atomic E-state index is -2.85. The molecular weight excluding hydrogens is 462 g/mol. The molecule has 0 aliphatic rings. The van der Waals surface area contributed by atoms with Crippen LogP contribution < -0.4 is 4.72 Å². The molecule has 0 aliphatic heterocycles. The molecule has 0 spiro atoms. The molecule has 0 fully saturated rings. The number of rotatable bonds is 6. The number of nitrogens with zero attached hydrogens (tertiary/aromatic N) is 5. The molecule has 0 amide bonds. The number of pyridine rings is 1. The Labute approximate surface area is 194 Å². The Hall–Kier alpha value is -3.96. The molecule has 2 aromatic carbocycles. The fourth-order valence-corrected chi connectivity index (χ4v) is 4.05. The summed E-state index contributed by atoms with van der Waals surface area (Å²) in [6.07, 6.45) is 5.26. The van der Waals surface area contributed by atoms with Crippen LogP contribution in [0.3, 0.4) is 0 Å². The molecule has 1 N–H and O–H groups in total. The van der Waals surface area contributed by atoms with Gasteiger partial charge < -0.3 is 0 Å². The van der Waals surface area contributed by atoms with Crippen LogP contribution in [0.2, 0.25) is 0 Å². The average Bonchev–Trinajstić information content (AvgIpc) is 3.43. The lowest BCUT2D eigenvalue weighted by Gasteiger charge is -2.11. The first-order valence-electron chi connectivity index (χ1n) is 10.2. The van der Waals surface area contributed by atoms with Gasteiger partial charge >= 0.3 is 0 Å². The van der Waals surface area contributed by atoms with Gasteiger partial charge in [-0.05, 0) is 47.5 Å². The van der Waals surface area contributed by atoms with Crippen LogP contribution in [0.25, 0.3) is 39.1 Å². The van der Waals surface area contributed by atoms with E-state index in [2.05, 4.69) is 19.8 Å². The van der Waals surface area contributed by atoms with Crippen molar-refractivity contribution in [1.82, 2.24) is 29.0 Å². The SMILES string of the molecule is Cn1cc(-c2ccc3c(c2)ncn3-c2cc(-c3ccc(F)cc3F)cc(CN[SH](=O)=O)n2)cn1. The number of imidazole rings is 1. The number of thiol groups is 1. The van der Waals surface area contributed by atoms with Crippen molar-refractivity contribution in [2.24, 2.45) is 7.05 Å². The Bertz CT molecular complexity index is 1600. The molecule has 8 nitrogen and oxygen atoms in total. The van der Waals surface area contributed by atoms with Gasteiger partial charge in [0, 0.05) is 30.4 Å². The van der Waals surface area contributed by atoms with Crippen molar-refractivity contribution < 1.29 is 17.2 Å². The Morgan fingerprint density at radius 3 is 2.59 bits per heavy atom. The smallest absolute Gasteiger partial charge is 0.201 e. The van der Waals surface area contributed by atoms with Crippen molar-refractivity contribution in [2.45, 2.75) is 6.54 Å². The Balaban J connectivity index is 1.62. The molecule has 5 aromatic rings. The molecule has 0 aliphatic carbocycles. The summed E-state index contributed by atoms with van der Waals surface area (Å²) in [5.41, 5.74) is 4.32. The Morgan fingerprint density at radius 1 is 1.00 bits per heavy atom. The van der Waals surface area contributed by atoms with E-state index in [9.17, 15) is 17.2 Å². The van der Waals surface area contributed by atoms with E-state index >= 15 is 0 Å². The van der Waals surface area contributed by atoms with Gasteiger partial charge in [-0.3, -0.25) is 9.25 Å². The van der Waals surface area contributed by atoms with Gasteiger partial charge in [0.15, 0.2) is 0 Å². The largest absolute Gasteiger partial charge is 0.283 e. The maximum absolute atomic E-state index is 14.5. The quantitative estimate of drug-likeness (QED) is 0.364. The van der Waals surface area contributed by atoms with E-state index in [-0.39, 0.29) is 12.1 Å². The summed E-state index contributed by atoms with van der Waals surface area (Å²) in [6.45, 7) is -0.0832. The summed E-state index contributed by atoms with van der Waals surface area (Å²) < 4.78 is 55.8. The van der Waals surface area contributed by atoms with E-state index in [4.69, 9.17) is 0 Å². The number of fused-ring (bicyclic) bond motifs is 1. The van der Waals surface area contributed by atoms with Gasteiger partial charge in [0.05, 0.1) is 29.5 Å². The zero-order chi connectivity index (χ0) is 23.8. The van der Waals surface area contributed by atoms with E-state index in [0.29, 0.717) is 22.6 Å². The molecule has 0 saturated heterocycles. The molecule has 3 heterocycles. The summed E-state index contributed by atoms with van der Waals surface area (Å²) in [6, 6.07) is 12.3. The standard InChI is InChI=1S/C23H18F2N6O2S/c1-30-12-16(10-27-30)14-2-5-22-21(7-14)26-13-31(22)23-8-15(6-18(29-23)11-28-34(32)33)19-4-3-17(24)9-20(19)25/h2-10,12-13,34H,11H2,1H3,(H,28,32,33). The van der Waals surface area contributed by atoms with Gasteiger partial charge in [0.2, 0.25) is 10.9 Å². The zero-order valence-corrected chi connectivity index (χ0v) is 18.7. The lowest BCUT2D eigenvalue weighted by molar-refractivity contribution is 0.585. The molecule has 11 heteroatoms. The third-order valence-corrected chi connectivity index (χ3v) is 5.74. The number of benzene rings is 2. The van der Waals surface area contributed by atoms with Crippen LogP contribution in [0, 0.1) is 11.6 Å². The lowest BCUT2D eigenvalue weighted by atomic mass is 10.0. The van der Waals surface area contributed by atoms with Crippen molar-refractivity contribution in [3.8, 4) is 28.1 Å². The molecular formula is C23H18F2N6O2S. The average molecular weight is 481 g/mol. The van der Waals surface area contributed by atoms with Crippen molar-refractivity contribution in [3.63, 3.8) is 0 Å². The highest BCUT2D eigenvalue weighted by Gasteiger charge is 2.14. The summed E-state index contributed by atoms with van der Waals surface area (Å²) in [5, 5.41) is 4.19. The van der Waals surface area contributed by atoms with Gasteiger partial charge in [-0.1, -0.05) is 6.07 Å². The molecule has 0 atom stereocenters. The molecule has 34 heavy (non-hydrogen) atoms. The van der Waals surface area contributed by atoms with E-state index in [0.717, 1.165) is 28.8 Å². The molecule has 0 bridgehead atoms. The third kappa shape index (κ3) is 4.30. The summed E-state index contributed by atoms with van der Waals surface area (Å²) >= 11 is 0. The highest BCUT2D eigenvalue weighted by molar-refractivity contribution is 7.70. The highest BCUT2D eigenvalue weighted by Crippen LogP contribution is 2.29. The summed E-state index contributed by atoms with van der Waals surface area (Å²) in [5.74, 6) is -1.01. The first-order valence-corrected chi connectivity index (χ1v) is 11.4. The van der Waals surface area contributed by atoms with Crippen LogP contribution in [-0.4, -0.2) is 32.7 Å². The van der Waals surface area contributed by atoms with Crippen LogP contribution in [0.4, 0.5) is 8.78 Å². The summed E-state index contributed by atoms with van der Waals surface area (Å²) in [4.78, 5) is 9.02. The maximum atomic E-state index is 14.5. The second-order valence-corrected chi connectivity index (χ2v) is 8.47. The number of hydrogen-bond donors (Lipinski definition) is 2. The molecule has 0 radical (unpaired) electrons. The minimum absolute atomic E-state index is 0.0832. The number of halogens is 2. The van der Waals surface area contributed by atoms with E-state index in [1.165, 1.54) is 6.07 Å². The van der Waals surface area contributed by atoms with Crippen molar-refractivity contribution in [3.05, 3.63) is 84.6 Å². The predicted octanol–water partition coefficient (Wildman–Crippen LogP) is 3.38. The topological polar surface area (TPSA) is 94.7 Å². The molecule has 3 aromatic heterocycles. The normalized spacial score (nSPS) is 11.5. The van der Waals surface area contributed by atoms with Gasteiger partial charge in [-0.2, -0.15) is 5.10 Å². The molecule has 172 valence electrons. The number of hydrogen-bond acceptors (Lipinski definition) is 5. The van der Waals surface area contributed by atoms with Crippen LogP contribution in [0.15, 0.2) is 67.3 Å². The lowest BCUT2D eigenvalue weighted by Crippen LogP contribution is -2.13. The Morgan fingerprint density at radius 2 is 1.85 bits per heavy atom. The number of nitrogens with one attached hydrogen (secondary N) is 1. The van der Waals surface area contributed by atoms with Gasteiger partial charge in [-0.25, -0.2) is 31.9 Å². The number of aromatic nitrogens is 5. The van der Waals surface area contributed by atoms with Crippen LogP contribution in [0.1, 0.15) is 5.69 Å². The van der Waals surface area contributed by atoms with Crippen LogP contribution >= 0.6 is 0 Å². The van der Waals surface area contributed by atoms with Gasteiger partial charge in [0.25, 0.3) is 0 Å².